The lowest BCUT2D eigenvalue weighted by atomic mass is 9.73. The van der Waals surface area contributed by atoms with Crippen LogP contribution in [0.25, 0.3) is 0 Å². The smallest absolute Gasteiger partial charge is 0.0180 e. The molecule has 0 aromatic heterocycles. The van der Waals surface area contributed by atoms with Crippen LogP contribution in [0.4, 0.5) is 0 Å². The summed E-state index contributed by atoms with van der Waals surface area (Å²) in [6, 6.07) is 0. The maximum Gasteiger partial charge on any atom is -0.0180 e. The molecule has 0 aromatic rings. The van der Waals surface area contributed by atoms with Crippen molar-refractivity contribution in [3.63, 3.8) is 0 Å². The van der Waals surface area contributed by atoms with Gasteiger partial charge < -0.3 is 0 Å². The van der Waals surface area contributed by atoms with Crippen molar-refractivity contribution in [3.8, 4) is 0 Å². The molecule has 0 heterocycles. The average Bonchev–Trinajstić information content (AvgIpc) is 2.26. The van der Waals surface area contributed by atoms with Crippen molar-refractivity contribution < 1.29 is 0 Å². The van der Waals surface area contributed by atoms with Gasteiger partial charge in [0.25, 0.3) is 0 Å². The van der Waals surface area contributed by atoms with E-state index in [1.165, 1.54) is 38.5 Å². The number of unbranched alkanes of at least 4 members (excludes halogenated alkanes) is 1. The molecule has 0 aromatic carbocycles. The van der Waals surface area contributed by atoms with Gasteiger partial charge in [-0.1, -0.05) is 59.1 Å². The van der Waals surface area contributed by atoms with Gasteiger partial charge in [-0.05, 0) is 49.4 Å². The maximum absolute atomic E-state index is 2.62. The maximum atomic E-state index is 2.62. The highest BCUT2D eigenvalue weighted by Gasteiger charge is 2.25. The predicted molar refractivity (Wildman–Crippen MR) is 78.1 cm³/mol. The summed E-state index contributed by atoms with van der Waals surface area (Å²) < 4.78 is 0. The van der Waals surface area contributed by atoms with E-state index in [0.29, 0.717) is 0 Å². The minimum Gasteiger partial charge on any atom is -0.0822 e. The van der Waals surface area contributed by atoms with Crippen molar-refractivity contribution in [2.75, 3.05) is 0 Å². The molecule has 1 aliphatic rings. The Morgan fingerprint density at radius 2 is 1.94 bits per heavy atom. The van der Waals surface area contributed by atoms with Gasteiger partial charge >= 0.3 is 0 Å². The Bertz CT molecular complexity index is 236. The summed E-state index contributed by atoms with van der Waals surface area (Å²) in [5.41, 5.74) is 1.78. The van der Waals surface area contributed by atoms with E-state index in [9.17, 15) is 0 Å². The zero-order valence-electron chi connectivity index (χ0n) is 12.6. The molecular weight excluding hydrogens is 204 g/mol. The molecule has 1 aliphatic carbocycles. The predicted octanol–water partition coefficient (Wildman–Crippen LogP) is 5.83. The van der Waals surface area contributed by atoms with E-state index < -0.39 is 0 Å². The molecule has 0 radical (unpaired) electrons. The SMILES string of the molecule is CCCC[C@H](C)/C=C1\C[C@H](C)CC[C@H]1C(C)C. The molecule has 0 N–H and O–H groups in total. The number of rotatable bonds is 5. The van der Waals surface area contributed by atoms with Gasteiger partial charge in [-0.2, -0.15) is 0 Å². The van der Waals surface area contributed by atoms with E-state index in [4.69, 9.17) is 0 Å². The zero-order chi connectivity index (χ0) is 12.8. The normalized spacial score (nSPS) is 29.9. The summed E-state index contributed by atoms with van der Waals surface area (Å²) >= 11 is 0. The molecule has 0 heteroatoms. The van der Waals surface area contributed by atoms with Crippen LogP contribution >= 0.6 is 0 Å². The van der Waals surface area contributed by atoms with E-state index in [1.807, 2.05) is 0 Å². The molecule has 100 valence electrons. The number of hydrogen-bond donors (Lipinski definition) is 0. The summed E-state index contributed by atoms with van der Waals surface area (Å²) in [4.78, 5) is 0. The molecule has 0 amide bonds. The third-order valence-corrected chi connectivity index (χ3v) is 4.35. The van der Waals surface area contributed by atoms with Crippen LogP contribution in [-0.2, 0) is 0 Å². The van der Waals surface area contributed by atoms with E-state index in [2.05, 4.69) is 40.7 Å². The van der Waals surface area contributed by atoms with Crippen LogP contribution in [0.2, 0.25) is 0 Å². The highest BCUT2D eigenvalue weighted by Crippen LogP contribution is 2.38. The van der Waals surface area contributed by atoms with Gasteiger partial charge in [0.1, 0.15) is 0 Å². The Kier molecular flexibility index (Phi) is 6.30. The van der Waals surface area contributed by atoms with Crippen molar-refractivity contribution >= 4 is 0 Å². The third kappa shape index (κ3) is 4.85. The van der Waals surface area contributed by atoms with Gasteiger partial charge in [0.2, 0.25) is 0 Å². The molecule has 17 heavy (non-hydrogen) atoms. The molecule has 0 nitrogen and oxygen atoms in total. The van der Waals surface area contributed by atoms with Gasteiger partial charge in [0.15, 0.2) is 0 Å². The van der Waals surface area contributed by atoms with Crippen LogP contribution in [0.1, 0.15) is 73.1 Å². The molecule has 0 saturated heterocycles. The minimum atomic E-state index is 0.788. The first-order valence-corrected chi connectivity index (χ1v) is 7.75. The van der Waals surface area contributed by atoms with Crippen molar-refractivity contribution in [2.45, 2.75) is 73.1 Å². The lowest BCUT2D eigenvalue weighted by Gasteiger charge is -2.33. The summed E-state index contributed by atoms with van der Waals surface area (Å²) in [6.07, 6.45) is 10.9. The molecule has 1 rings (SSSR count). The molecular formula is C17H32. The molecule has 0 unspecified atom stereocenters. The van der Waals surface area contributed by atoms with Crippen LogP contribution in [0.5, 0.6) is 0 Å². The molecule has 1 fully saturated rings. The molecule has 3 atom stereocenters. The monoisotopic (exact) mass is 236 g/mol. The van der Waals surface area contributed by atoms with Gasteiger partial charge in [-0.3, -0.25) is 0 Å². The second-order valence-electron chi connectivity index (χ2n) is 6.60. The quantitative estimate of drug-likeness (QED) is 0.527. The zero-order valence-corrected chi connectivity index (χ0v) is 12.6. The third-order valence-electron chi connectivity index (χ3n) is 4.35. The summed E-state index contributed by atoms with van der Waals surface area (Å²) in [7, 11) is 0. The number of hydrogen-bond acceptors (Lipinski definition) is 0. The van der Waals surface area contributed by atoms with Gasteiger partial charge in [-0.25, -0.2) is 0 Å². The van der Waals surface area contributed by atoms with E-state index in [0.717, 1.165) is 23.7 Å². The lowest BCUT2D eigenvalue weighted by molar-refractivity contribution is 0.305. The Balaban J connectivity index is 2.64. The van der Waals surface area contributed by atoms with Crippen LogP contribution in [-0.4, -0.2) is 0 Å². The van der Waals surface area contributed by atoms with Crippen molar-refractivity contribution in [1.29, 1.82) is 0 Å². The molecule has 0 spiro atoms. The Hall–Kier alpha value is -0.260. The lowest BCUT2D eigenvalue weighted by Crippen LogP contribution is -2.20. The second kappa shape index (κ2) is 7.24. The first-order chi connectivity index (χ1) is 8.04. The van der Waals surface area contributed by atoms with Crippen LogP contribution in [0.3, 0.4) is 0 Å². The summed E-state index contributed by atoms with van der Waals surface area (Å²) in [6.45, 7) is 11.9. The Morgan fingerprint density at radius 1 is 1.24 bits per heavy atom. The van der Waals surface area contributed by atoms with E-state index >= 15 is 0 Å². The molecule has 0 aliphatic heterocycles. The van der Waals surface area contributed by atoms with E-state index in [-0.39, 0.29) is 0 Å². The fourth-order valence-electron chi connectivity index (χ4n) is 3.23. The van der Waals surface area contributed by atoms with E-state index in [1.54, 1.807) is 5.57 Å². The fourth-order valence-corrected chi connectivity index (χ4v) is 3.23. The van der Waals surface area contributed by atoms with Gasteiger partial charge in [0.05, 0.1) is 0 Å². The highest BCUT2D eigenvalue weighted by atomic mass is 14.3. The van der Waals surface area contributed by atoms with Crippen LogP contribution in [0, 0.1) is 23.7 Å². The van der Waals surface area contributed by atoms with Crippen LogP contribution in [0.15, 0.2) is 11.6 Å². The highest BCUT2D eigenvalue weighted by molar-refractivity contribution is 5.12. The Morgan fingerprint density at radius 3 is 2.53 bits per heavy atom. The van der Waals surface area contributed by atoms with Crippen LogP contribution < -0.4 is 0 Å². The average molecular weight is 236 g/mol. The fraction of sp³-hybridized carbons (Fsp3) is 0.882. The molecule has 1 saturated carbocycles. The Labute approximate surface area is 109 Å². The minimum absolute atomic E-state index is 0.788. The van der Waals surface area contributed by atoms with Crippen molar-refractivity contribution in [2.24, 2.45) is 23.7 Å². The van der Waals surface area contributed by atoms with Gasteiger partial charge in [0, 0.05) is 0 Å². The standard InChI is InChI=1S/C17H32/c1-6-7-8-14(4)11-16-12-15(5)9-10-17(16)13(2)3/h11,13-15,17H,6-10,12H2,1-5H3/b16-11+/t14-,15+,17-/m0/s1. The number of allylic oxidation sites excluding steroid dienone is 2. The summed E-state index contributed by atoms with van der Waals surface area (Å²) in [5, 5.41) is 0. The van der Waals surface area contributed by atoms with Crippen molar-refractivity contribution in [3.05, 3.63) is 11.6 Å². The van der Waals surface area contributed by atoms with Crippen molar-refractivity contribution in [1.82, 2.24) is 0 Å². The largest absolute Gasteiger partial charge is 0.0822 e. The van der Waals surface area contributed by atoms with Gasteiger partial charge in [-0.15, -0.1) is 0 Å². The first kappa shape index (κ1) is 14.8. The summed E-state index contributed by atoms with van der Waals surface area (Å²) in [5.74, 6) is 3.40. The first-order valence-electron chi connectivity index (χ1n) is 7.75. The second-order valence-corrected chi connectivity index (χ2v) is 6.60. The molecule has 0 bridgehead atoms. The topological polar surface area (TPSA) is 0 Å².